The van der Waals surface area contributed by atoms with Gasteiger partial charge in [0.1, 0.15) is 5.75 Å². The number of aryl methyl sites for hydroxylation is 1. The Kier molecular flexibility index (Phi) is 6.96. The largest absolute Gasteiger partial charge is 0.435 e. The SMILES string of the molecule is O=C(CCc1ccc(OC(F)F)cc1)NCC(=O)N1CCCCC1. The number of likely N-dealkylation sites (tertiary alicyclic amines) is 1. The molecule has 1 saturated heterocycles. The molecule has 0 aromatic heterocycles. The van der Waals surface area contributed by atoms with Crippen molar-refractivity contribution in [1.29, 1.82) is 0 Å². The van der Waals surface area contributed by atoms with Crippen molar-refractivity contribution in [2.75, 3.05) is 19.6 Å². The molecule has 7 heteroatoms. The minimum atomic E-state index is -2.85. The van der Waals surface area contributed by atoms with Crippen LogP contribution in [0.3, 0.4) is 0 Å². The maximum atomic E-state index is 12.1. The number of halogens is 2. The average Bonchev–Trinajstić information content (AvgIpc) is 2.59. The van der Waals surface area contributed by atoms with Gasteiger partial charge in [-0.3, -0.25) is 9.59 Å². The van der Waals surface area contributed by atoms with Crippen molar-refractivity contribution in [1.82, 2.24) is 10.2 Å². The molecule has 1 aliphatic heterocycles. The van der Waals surface area contributed by atoms with E-state index in [4.69, 9.17) is 0 Å². The third kappa shape index (κ3) is 6.14. The van der Waals surface area contributed by atoms with Crippen LogP contribution in [-0.4, -0.2) is 43.0 Å². The van der Waals surface area contributed by atoms with E-state index in [1.54, 1.807) is 17.0 Å². The number of carbonyl (C=O) groups excluding carboxylic acids is 2. The number of alkyl halides is 2. The molecule has 0 saturated carbocycles. The number of hydrogen-bond donors (Lipinski definition) is 1. The third-order valence-corrected chi connectivity index (χ3v) is 3.93. The van der Waals surface area contributed by atoms with Crippen LogP contribution in [0.4, 0.5) is 8.78 Å². The first-order valence-electron chi connectivity index (χ1n) is 8.13. The van der Waals surface area contributed by atoms with Crippen molar-refractivity contribution in [3.05, 3.63) is 29.8 Å². The number of nitrogens with one attached hydrogen (secondary N) is 1. The molecule has 0 bridgehead atoms. The van der Waals surface area contributed by atoms with Gasteiger partial charge >= 0.3 is 6.61 Å². The highest BCUT2D eigenvalue weighted by molar-refractivity contribution is 5.84. The fourth-order valence-corrected chi connectivity index (χ4v) is 2.61. The Morgan fingerprint density at radius 1 is 1.12 bits per heavy atom. The maximum Gasteiger partial charge on any atom is 0.387 e. The molecule has 1 fully saturated rings. The van der Waals surface area contributed by atoms with Crippen molar-refractivity contribution < 1.29 is 23.1 Å². The van der Waals surface area contributed by atoms with Gasteiger partial charge in [0.2, 0.25) is 11.8 Å². The Morgan fingerprint density at radius 3 is 2.42 bits per heavy atom. The summed E-state index contributed by atoms with van der Waals surface area (Å²) in [5.41, 5.74) is 0.842. The predicted molar refractivity (Wildman–Crippen MR) is 84.8 cm³/mol. The average molecular weight is 340 g/mol. The second-order valence-corrected chi connectivity index (χ2v) is 5.74. The highest BCUT2D eigenvalue weighted by Crippen LogP contribution is 2.15. The van der Waals surface area contributed by atoms with E-state index in [1.807, 2.05) is 0 Å². The smallest absolute Gasteiger partial charge is 0.387 e. The molecule has 0 radical (unpaired) electrons. The summed E-state index contributed by atoms with van der Waals surface area (Å²) in [5, 5.41) is 2.63. The van der Waals surface area contributed by atoms with Crippen LogP contribution in [0.1, 0.15) is 31.2 Å². The molecule has 0 atom stereocenters. The van der Waals surface area contributed by atoms with Crippen LogP contribution in [0, 0.1) is 0 Å². The summed E-state index contributed by atoms with van der Waals surface area (Å²) >= 11 is 0. The molecule has 132 valence electrons. The lowest BCUT2D eigenvalue weighted by Gasteiger charge is -2.26. The zero-order valence-corrected chi connectivity index (χ0v) is 13.5. The van der Waals surface area contributed by atoms with Gasteiger partial charge in [0.05, 0.1) is 6.54 Å². The normalized spacial score (nSPS) is 14.5. The molecular weight excluding hydrogens is 318 g/mol. The zero-order valence-electron chi connectivity index (χ0n) is 13.5. The van der Waals surface area contributed by atoms with Gasteiger partial charge in [-0.2, -0.15) is 8.78 Å². The highest BCUT2D eigenvalue weighted by atomic mass is 19.3. The Balaban J connectivity index is 1.68. The number of amides is 2. The Morgan fingerprint density at radius 2 is 1.79 bits per heavy atom. The molecule has 1 heterocycles. The Hall–Kier alpha value is -2.18. The number of hydrogen-bond acceptors (Lipinski definition) is 3. The van der Waals surface area contributed by atoms with Crippen LogP contribution in [0.25, 0.3) is 0 Å². The van der Waals surface area contributed by atoms with E-state index in [0.29, 0.717) is 6.42 Å². The van der Waals surface area contributed by atoms with E-state index < -0.39 is 6.61 Å². The molecule has 1 aliphatic rings. The van der Waals surface area contributed by atoms with E-state index >= 15 is 0 Å². The molecule has 1 aromatic rings. The zero-order chi connectivity index (χ0) is 17.4. The molecule has 0 aliphatic carbocycles. The molecule has 5 nitrogen and oxygen atoms in total. The van der Waals surface area contributed by atoms with Crippen LogP contribution in [-0.2, 0) is 16.0 Å². The molecule has 1 aromatic carbocycles. The maximum absolute atomic E-state index is 12.1. The van der Waals surface area contributed by atoms with E-state index in [0.717, 1.165) is 37.9 Å². The van der Waals surface area contributed by atoms with Crippen molar-refractivity contribution in [3.63, 3.8) is 0 Å². The van der Waals surface area contributed by atoms with Crippen LogP contribution < -0.4 is 10.1 Å². The lowest BCUT2D eigenvalue weighted by Crippen LogP contribution is -2.42. The predicted octanol–water partition coefficient (Wildman–Crippen LogP) is 2.35. The number of rotatable bonds is 7. The van der Waals surface area contributed by atoms with E-state index in [9.17, 15) is 18.4 Å². The number of carbonyl (C=O) groups is 2. The molecule has 0 unspecified atom stereocenters. The fourth-order valence-electron chi connectivity index (χ4n) is 2.61. The minimum Gasteiger partial charge on any atom is -0.435 e. The van der Waals surface area contributed by atoms with Crippen LogP contribution in [0.5, 0.6) is 5.75 Å². The van der Waals surface area contributed by atoms with Crippen molar-refractivity contribution in [2.24, 2.45) is 0 Å². The van der Waals surface area contributed by atoms with Crippen molar-refractivity contribution in [2.45, 2.75) is 38.7 Å². The van der Waals surface area contributed by atoms with Crippen LogP contribution >= 0.6 is 0 Å². The van der Waals surface area contributed by atoms with E-state index in [2.05, 4.69) is 10.1 Å². The molecule has 2 amide bonds. The Bertz CT molecular complexity index is 543. The topological polar surface area (TPSA) is 58.6 Å². The first kappa shape index (κ1) is 18.2. The monoisotopic (exact) mass is 340 g/mol. The second-order valence-electron chi connectivity index (χ2n) is 5.74. The third-order valence-electron chi connectivity index (χ3n) is 3.93. The van der Waals surface area contributed by atoms with Crippen LogP contribution in [0.2, 0.25) is 0 Å². The van der Waals surface area contributed by atoms with Gasteiger partial charge in [0.15, 0.2) is 0 Å². The van der Waals surface area contributed by atoms with Gasteiger partial charge in [0, 0.05) is 19.5 Å². The summed E-state index contributed by atoms with van der Waals surface area (Å²) < 4.78 is 28.4. The van der Waals surface area contributed by atoms with Crippen molar-refractivity contribution in [3.8, 4) is 5.75 Å². The summed E-state index contributed by atoms with van der Waals surface area (Å²) in [7, 11) is 0. The quantitative estimate of drug-likeness (QED) is 0.829. The molecular formula is C17H22F2N2O3. The second kappa shape index (κ2) is 9.20. The standard InChI is InChI=1S/C17H22F2N2O3/c18-17(19)24-14-7-4-13(5-8-14)6-9-15(22)20-12-16(23)21-10-2-1-3-11-21/h4-5,7-8,17H,1-3,6,9-12H2,(H,20,22). The molecule has 1 N–H and O–H groups in total. The number of ether oxygens (including phenoxy) is 1. The summed E-state index contributed by atoms with van der Waals surface area (Å²) in [6.45, 7) is -1.29. The molecule has 2 rings (SSSR count). The summed E-state index contributed by atoms with van der Waals surface area (Å²) in [5.74, 6) is -0.157. The van der Waals surface area contributed by atoms with Gasteiger partial charge in [0.25, 0.3) is 0 Å². The fraction of sp³-hybridized carbons (Fsp3) is 0.529. The van der Waals surface area contributed by atoms with E-state index in [1.165, 1.54) is 12.1 Å². The van der Waals surface area contributed by atoms with Crippen molar-refractivity contribution >= 4 is 11.8 Å². The lowest BCUT2D eigenvalue weighted by atomic mass is 10.1. The molecule has 24 heavy (non-hydrogen) atoms. The highest BCUT2D eigenvalue weighted by Gasteiger charge is 2.16. The minimum absolute atomic E-state index is 0.0278. The van der Waals surface area contributed by atoms with Gasteiger partial charge in [-0.05, 0) is 43.4 Å². The number of piperidine rings is 1. The number of nitrogens with zero attached hydrogens (tertiary/aromatic N) is 1. The Labute approximate surface area is 140 Å². The molecule has 0 spiro atoms. The van der Waals surface area contributed by atoms with Crippen LogP contribution in [0.15, 0.2) is 24.3 Å². The number of benzene rings is 1. The first-order valence-corrected chi connectivity index (χ1v) is 8.13. The summed E-state index contributed by atoms with van der Waals surface area (Å²) in [4.78, 5) is 25.5. The van der Waals surface area contributed by atoms with Gasteiger partial charge in [-0.1, -0.05) is 12.1 Å². The van der Waals surface area contributed by atoms with Gasteiger partial charge in [-0.25, -0.2) is 0 Å². The summed E-state index contributed by atoms with van der Waals surface area (Å²) in [6, 6.07) is 6.17. The lowest BCUT2D eigenvalue weighted by molar-refractivity contribution is -0.133. The van der Waals surface area contributed by atoms with E-state index in [-0.39, 0.29) is 30.5 Å². The first-order chi connectivity index (χ1) is 11.5. The van der Waals surface area contributed by atoms with Gasteiger partial charge in [-0.15, -0.1) is 0 Å². The van der Waals surface area contributed by atoms with Gasteiger partial charge < -0.3 is 15.0 Å². The summed E-state index contributed by atoms with van der Waals surface area (Å²) in [6.07, 6.45) is 3.90.